The number of hydrogen-bond donors (Lipinski definition) is 1. The molecule has 11 heteroatoms. The van der Waals surface area contributed by atoms with Gasteiger partial charge < -0.3 is 19.7 Å². The van der Waals surface area contributed by atoms with Crippen molar-refractivity contribution in [2.45, 2.75) is 57.7 Å². The topological polar surface area (TPSA) is 105 Å². The molecule has 5 rings (SSSR count). The molecule has 1 saturated carbocycles. The van der Waals surface area contributed by atoms with E-state index in [1.165, 1.54) is 11.8 Å². The lowest BCUT2D eigenvalue weighted by Gasteiger charge is -2.34. The molecule has 0 saturated heterocycles. The predicted molar refractivity (Wildman–Crippen MR) is 171 cm³/mol. The SMILES string of the molecule is CCS(=O)(=O)N(CC(=O)N(Cc1ccc(Cl)cc1)[C@@H](Cc1ccccc1)C(=O)NC1CCCC1)c1ccc2c(c1)OCCO2. The summed E-state index contributed by atoms with van der Waals surface area (Å²) in [6.45, 7) is 1.86. The number of benzene rings is 3. The van der Waals surface area contributed by atoms with E-state index in [2.05, 4.69) is 5.32 Å². The fourth-order valence-electron chi connectivity index (χ4n) is 5.61. The average molecular weight is 640 g/mol. The fourth-order valence-corrected chi connectivity index (χ4v) is 6.79. The number of sulfonamides is 1. The quantitative estimate of drug-likeness (QED) is 0.300. The maximum atomic E-state index is 14.4. The van der Waals surface area contributed by atoms with Gasteiger partial charge in [0.15, 0.2) is 11.5 Å². The van der Waals surface area contributed by atoms with Crippen LogP contribution < -0.4 is 19.1 Å². The van der Waals surface area contributed by atoms with Crippen LogP contribution in [0.4, 0.5) is 5.69 Å². The van der Waals surface area contributed by atoms with Crippen molar-refractivity contribution >= 4 is 39.1 Å². The Morgan fingerprint density at radius 2 is 1.61 bits per heavy atom. The highest BCUT2D eigenvalue weighted by Crippen LogP contribution is 2.35. The molecule has 0 spiro atoms. The Morgan fingerprint density at radius 1 is 0.932 bits per heavy atom. The van der Waals surface area contributed by atoms with Gasteiger partial charge in [-0.2, -0.15) is 0 Å². The summed E-state index contributed by atoms with van der Waals surface area (Å²) >= 11 is 6.14. The van der Waals surface area contributed by atoms with Crippen LogP contribution in [0.2, 0.25) is 5.02 Å². The Bertz CT molecular complexity index is 1550. The van der Waals surface area contributed by atoms with Crippen LogP contribution in [0.5, 0.6) is 11.5 Å². The Kier molecular flexibility index (Phi) is 10.3. The maximum absolute atomic E-state index is 14.4. The van der Waals surface area contributed by atoms with Crippen LogP contribution in [0.15, 0.2) is 72.8 Å². The van der Waals surface area contributed by atoms with Crippen LogP contribution in [0.1, 0.15) is 43.7 Å². The van der Waals surface area contributed by atoms with Gasteiger partial charge in [-0.25, -0.2) is 8.42 Å². The molecule has 3 aromatic carbocycles. The summed E-state index contributed by atoms with van der Waals surface area (Å²) in [5, 5.41) is 3.72. The zero-order valence-corrected chi connectivity index (χ0v) is 26.4. The first-order chi connectivity index (χ1) is 21.2. The minimum absolute atomic E-state index is 0.0444. The highest BCUT2D eigenvalue weighted by Gasteiger charge is 2.35. The van der Waals surface area contributed by atoms with Gasteiger partial charge >= 0.3 is 0 Å². The monoisotopic (exact) mass is 639 g/mol. The summed E-state index contributed by atoms with van der Waals surface area (Å²) < 4.78 is 39.3. The van der Waals surface area contributed by atoms with Crippen LogP contribution in [-0.4, -0.2) is 62.7 Å². The Hall–Kier alpha value is -3.76. The molecular weight excluding hydrogens is 602 g/mol. The van der Waals surface area contributed by atoms with Crippen molar-refractivity contribution in [2.75, 3.05) is 29.8 Å². The number of carbonyl (C=O) groups is 2. The normalized spacial score (nSPS) is 15.4. The highest BCUT2D eigenvalue weighted by molar-refractivity contribution is 7.92. The second-order valence-electron chi connectivity index (χ2n) is 11.1. The second kappa shape index (κ2) is 14.3. The molecule has 44 heavy (non-hydrogen) atoms. The zero-order chi connectivity index (χ0) is 31.1. The van der Waals surface area contributed by atoms with Crippen LogP contribution in [0.3, 0.4) is 0 Å². The van der Waals surface area contributed by atoms with E-state index in [1.54, 1.807) is 42.5 Å². The molecule has 2 aliphatic rings. The van der Waals surface area contributed by atoms with Crippen molar-refractivity contribution in [2.24, 2.45) is 0 Å². The number of halogens is 1. The molecule has 234 valence electrons. The predicted octanol–water partition coefficient (Wildman–Crippen LogP) is 4.97. The summed E-state index contributed by atoms with van der Waals surface area (Å²) in [4.78, 5) is 29.9. The third kappa shape index (κ3) is 7.84. The standard InChI is InChI=1S/C33H38ClN3O6S/c1-2-44(40,41)37(28-16-17-30-31(21-28)43-19-18-42-30)23-32(38)36(22-25-12-14-26(34)15-13-25)29(20-24-8-4-3-5-9-24)33(39)35-27-10-6-7-11-27/h3-5,8-9,12-17,21,27,29H,2,6-7,10-11,18-20,22-23H2,1H3,(H,35,39)/t29-/m0/s1. The van der Waals surface area contributed by atoms with Gasteiger partial charge in [0.25, 0.3) is 0 Å². The van der Waals surface area contributed by atoms with E-state index < -0.39 is 28.5 Å². The van der Waals surface area contributed by atoms with Crippen LogP contribution in [0.25, 0.3) is 0 Å². The minimum Gasteiger partial charge on any atom is -0.486 e. The Morgan fingerprint density at radius 3 is 2.30 bits per heavy atom. The first-order valence-corrected chi connectivity index (χ1v) is 17.0. The largest absolute Gasteiger partial charge is 0.486 e. The molecule has 0 aromatic heterocycles. The van der Waals surface area contributed by atoms with Crippen LogP contribution >= 0.6 is 11.6 Å². The summed E-state index contributed by atoms with van der Waals surface area (Å²) in [6, 6.07) is 20.6. The second-order valence-corrected chi connectivity index (χ2v) is 13.7. The molecule has 1 heterocycles. The van der Waals surface area contributed by atoms with E-state index in [9.17, 15) is 18.0 Å². The lowest BCUT2D eigenvalue weighted by molar-refractivity contribution is -0.140. The summed E-state index contributed by atoms with van der Waals surface area (Å²) in [5.74, 6) is -0.0623. The van der Waals surface area contributed by atoms with Gasteiger partial charge in [-0.15, -0.1) is 0 Å². The minimum atomic E-state index is -3.90. The first-order valence-electron chi connectivity index (χ1n) is 15.0. The third-order valence-corrected chi connectivity index (χ3v) is 10.0. The van der Waals surface area contributed by atoms with Gasteiger partial charge in [0, 0.05) is 30.1 Å². The molecule has 0 bridgehead atoms. The van der Waals surface area contributed by atoms with Gasteiger partial charge in [0.2, 0.25) is 21.8 Å². The fraction of sp³-hybridized carbons (Fsp3) is 0.394. The van der Waals surface area contributed by atoms with Crippen LogP contribution in [-0.2, 0) is 32.6 Å². The number of carbonyl (C=O) groups excluding carboxylic acids is 2. The number of fused-ring (bicyclic) bond motifs is 1. The van der Waals surface area contributed by atoms with Crippen molar-refractivity contribution < 1.29 is 27.5 Å². The van der Waals surface area contributed by atoms with Crippen molar-refractivity contribution in [3.05, 3.63) is 88.9 Å². The van der Waals surface area contributed by atoms with Gasteiger partial charge in [-0.3, -0.25) is 13.9 Å². The summed E-state index contributed by atoms with van der Waals surface area (Å²) in [6.07, 6.45) is 4.13. The number of ether oxygens (including phenoxy) is 2. The lowest BCUT2D eigenvalue weighted by Crippen LogP contribution is -2.54. The van der Waals surface area contributed by atoms with E-state index >= 15 is 0 Å². The molecule has 3 aromatic rings. The molecule has 1 N–H and O–H groups in total. The smallest absolute Gasteiger partial charge is 0.244 e. The number of nitrogens with one attached hydrogen (secondary N) is 1. The van der Waals surface area contributed by atoms with Crippen molar-refractivity contribution in [3.63, 3.8) is 0 Å². The van der Waals surface area contributed by atoms with Gasteiger partial charge in [-0.1, -0.05) is 66.9 Å². The first kappa shape index (κ1) is 31.7. The molecule has 9 nitrogen and oxygen atoms in total. The molecule has 0 unspecified atom stereocenters. The third-order valence-electron chi connectivity index (χ3n) is 8.03. The van der Waals surface area contributed by atoms with E-state index in [0.717, 1.165) is 41.1 Å². The Labute approximate surface area is 264 Å². The Balaban J connectivity index is 1.51. The summed E-state index contributed by atoms with van der Waals surface area (Å²) in [7, 11) is -3.90. The summed E-state index contributed by atoms with van der Waals surface area (Å²) in [5.41, 5.74) is 1.93. The molecule has 1 aliphatic carbocycles. The molecule has 1 fully saturated rings. The highest BCUT2D eigenvalue weighted by atomic mass is 35.5. The van der Waals surface area contributed by atoms with Gasteiger partial charge in [0.1, 0.15) is 25.8 Å². The van der Waals surface area contributed by atoms with E-state index in [4.69, 9.17) is 21.1 Å². The number of amides is 2. The number of nitrogens with zero attached hydrogens (tertiary/aromatic N) is 2. The van der Waals surface area contributed by atoms with Gasteiger partial charge in [-0.05, 0) is 55.2 Å². The average Bonchev–Trinajstić information content (AvgIpc) is 3.55. The van der Waals surface area contributed by atoms with Crippen molar-refractivity contribution in [1.29, 1.82) is 0 Å². The molecule has 1 aliphatic heterocycles. The number of anilines is 1. The number of hydrogen-bond acceptors (Lipinski definition) is 6. The molecule has 0 radical (unpaired) electrons. The van der Waals surface area contributed by atoms with E-state index in [1.807, 2.05) is 30.3 Å². The molecule has 2 amide bonds. The van der Waals surface area contributed by atoms with Gasteiger partial charge in [0.05, 0.1) is 11.4 Å². The zero-order valence-electron chi connectivity index (χ0n) is 24.8. The van der Waals surface area contributed by atoms with Crippen LogP contribution in [0, 0.1) is 0 Å². The van der Waals surface area contributed by atoms with Crippen molar-refractivity contribution in [1.82, 2.24) is 10.2 Å². The maximum Gasteiger partial charge on any atom is 0.244 e. The lowest BCUT2D eigenvalue weighted by atomic mass is 10.0. The van der Waals surface area contributed by atoms with E-state index in [0.29, 0.717) is 29.7 Å². The van der Waals surface area contributed by atoms with Crippen molar-refractivity contribution in [3.8, 4) is 11.5 Å². The van der Waals surface area contributed by atoms with E-state index in [-0.39, 0.29) is 36.4 Å². The molecular formula is C33H38ClN3O6S. The molecule has 1 atom stereocenters. The number of rotatable bonds is 12.